The second-order valence-electron chi connectivity index (χ2n) is 7.36. The zero-order valence-electron chi connectivity index (χ0n) is 16.1. The Hall–Kier alpha value is -2.15. The van der Waals surface area contributed by atoms with E-state index in [0.717, 1.165) is 17.5 Å². The largest absolute Gasteiger partial charge is 0.340 e. The van der Waals surface area contributed by atoms with E-state index in [2.05, 4.69) is 0 Å². The van der Waals surface area contributed by atoms with Crippen molar-refractivity contribution in [3.8, 4) is 0 Å². The molecule has 2 aliphatic rings. The molecule has 7 heteroatoms. The summed E-state index contributed by atoms with van der Waals surface area (Å²) in [6.45, 7) is 1.42. The van der Waals surface area contributed by atoms with Crippen LogP contribution in [-0.4, -0.2) is 49.7 Å². The van der Waals surface area contributed by atoms with Crippen molar-refractivity contribution in [3.63, 3.8) is 0 Å². The first-order chi connectivity index (χ1) is 13.9. The van der Waals surface area contributed by atoms with Gasteiger partial charge in [-0.2, -0.15) is 4.31 Å². The molecule has 2 aromatic carbocycles. The molecule has 2 aromatic rings. The molecule has 4 rings (SSSR count). The highest BCUT2D eigenvalue weighted by Crippen LogP contribution is 2.29. The van der Waals surface area contributed by atoms with Crippen LogP contribution in [0.4, 0.5) is 0 Å². The van der Waals surface area contributed by atoms with Gasteiger partial charge in [-0.25, -0.2) is 8.42 Å². The van der Waals surface area contributed by atoms with Gasteiger partial charge in [-0.15, -0.1) is 0 Å². The van der Waals surface area contributed by atoms with E-state index in [0.29, 0.717) is 42.5 Å². The summed E-state index contributed by atoms with van der Waals surface area (Å²) < 4.78 is 27.7. The lowest BCUT2D eigenvalue weighted by Crippen LogP contribution is -2.51. The lowest BCUT2D eigenvalue weighted by Gasteiger charge is -2.35. The fourth-order valence-electron chi connectivity index (χ4n) is 3.87. The van der Waals surface area contributed by atoms with Crippen molar-refractivity contribution in [2.75, 3.05) is 26.2 Å². The highest BCUT2D eigenvalue weighted by molar-refractivity contribution is 7.93. The van der Waals surface area contributed by atoms with E-state index in [1.807, 2.05) is 42.5 Å². The number of carbonyl (C=O) groups is 1. The third-order valence-electron chi connectivity index (χ3n) is 5.57. The first-order valence-corrected chi connectivity index (χ1v) is 11.6. The van der Waals surface area contributed by atoms with E-state index in [1.165, 1.54) is 9.87 Å². The zero-order chi connectivity index (χ0) is 20.4. The molecule has 1 aliphatic carbocycles. The Morgan fingerprint density at radius 3 is 2.38 bits per heavy atom. The molecule has 0 aromatic heterocycles. The van der Waals surface area contributed by atoms with Gasteiger partial charge in [0.05, 0.1) is 11.3 Å². The smallest absolute Gasteiger partial charge is 0.239 e. The molecule has 1 aliphatic heterocycles. The molecule has 0 N–H and O–H groups in total. The number of nitrogens with zero attached hydrogens (tertiary/aromatic N) is 2. The summed E-state index contributed by atoms with van der Waals surface area (Å²) >= 11 is 6.15. The first kappa shape index (κ1) is 20.1. The predicted molar refractivity (Wildman–Crippen MR) is 115 cm³/mol. The molecule has 0 bridgehead atoms. The summed E-state index contributed by atoms with van der Waals surface area (Å²) in [7, 11) is -3.51. The van der Waals surface area contributed by atoms with Crippen LogP contribution in [-0.2, 0) is 27.7 Å². The molecule has 0 saturated carbocycles. The van der Waals surface area contributed by atoms with Crippen LogP contribution >= 0.6 is 11.6 Å². The number of aryl methyl sites for hydroxylation is 1. The number of piperazine rings is 1. The molecule has 0 radical (unpaired) electrons. The summed E-state index contributed by atoms with van der Waals surface area (Å²) in [5, 5.41) is 0.576. The van der Waals surface area contributed by atoms with Crippen molar-refractivity contribution >= 4 is 33.6 Å². The van der Waals surface area contributed by atoms with Crippen molar-refractivity contribution in [3.05, 3.63) is 75.1 Å². The van der Waals surface area contributed by atoms with Crippen LogP contribution in [0.3, 0.4) is 0 Å². The highest BCUT2D eigenvalue weighted by Gasteiger charge is 2.32. The second kappa shape index (κ2) is 8.30. The Kier molecular flexibility index (Phi) is 5.76. The second-order valence-corrected chi connectivity index (χ2v) is 9.76. The number of rotatable bonds is 4. The van der Waals surface area contributed by atoms with Crippen LogP contribution in [0.15, 0.2) is 53.4 Å². The number of hydrogen-bond acceptors (Lipinski definition) is 3. The van der Waals surface area contributed by atoms with Gasteiger partial charge in [-0.3, -0.25) is 4.79 Å². The molecule has 1 amide bonds. The van der Waals surface area contributed by atoms with Gasteiger partial charge < -0.3 is 4.90 Å². The van der Waals surface area contributed by atoms with Gasteiger partial charge in [0, 0.05) is 31.2 Å². The summed E-state index contributed by atoms with van der Waals surface area (Å²) in [5.41, 5.74) is 2.95. The monoisotopic (exact) mass is 430 g/mol. The van der Waals surface area contributed by atoms with Crippen molar-refractivity contribution in [2.45, 2.75) is 19.3 Å². The fourth-order valence-corrected chi connectivity index (χ4v) is 5.68. The molecule has 1 fully saturated rings. The lowest BCUT2D eigenvalue weighted by atomic mass is 9.98. The minimum atomic E-state index is -3.51. The molecule has 0 spiro atoms. The lowest BCUT2D eigenvalue weighted by molar-refractivity contribution is -0.131. The minimum Gasteiger partial charge on any atom is -0.340 e. The molecule has 152 valence electrons. The topological polar surface area (TPSA) is 57.7 Å². The first-order valence-electron chi connectivity index (χ1n) is 9.75. The maximum atomic E-state index is 13.1. The third-order valence-corrected chi connectivity index (χ3v) is 7.97. The number of benzene rings is 2. The molecular formula is C22H23ClN2O3S. The van der Waals surface area contributed by atoms with Gasteiger partial charge in [0.1, 0.15) is 0 Å². The predicted octanol–water partition coefficient (Wildman–Crippen LogP) is 3.34. The Bertz CT molecular complexity index is 1060. The number of carbonyl (C=O) groups excluding carboxylic acids is 1. The van der Waals surface area contributed by atoms with Crippen molar-refractivity contribution in [2.24, 2.45) is 0 Å². The molecule has 0 unspecified atom stereocenters. The Morgan fingerprint density at radius 1 is 0.931 bits per heavy atom. The SMILES string of the molecule is O=C(Cc1ccccc1Cl)N1CCN(S(=O)(=O)C2=Cc3ccccc3CC2)CC1. The number of hydrogen-bond donors (Lipinski definition) is 0. The number of allylic oxidation sites excluding steroid dienone is 1. The van der Waals surface area contributed by atoms with Crippen LogP contribution in [0.5, 0.6) is 0 Å². The van der Waals surface area contributed by atoms with E-state index in [9.17, 15) is 13.2 Å². The quantitative estimate of drug-likeness (QED) is 0.747. The molecule has 5 nitrogen and oxygen atoms in total. The normalized spacial score (nSPS) is 17.6. The molecule has 1 heterocycles. The van der Waals surface area contributed by atoms with Crippen LogP contribution in [0.1, 0.15) is 23.1 Å². The van der Waals surface area contributed by atoms with E-state index >= 15 is 0 Å². The number of halogens is 1. The Balaban J connectivity index is 1.41. The van der Waals surface area contributed by atoms with Gasteiger partial charge in [0.25, 0.3) is 0 Å². The van der Waals surface area contributed by atoms with Crippen molar-refractivity contribution < 1.29 is 13.2 Å². The van der Waals surface area contributed by atoms with Gasteiger partial charge in [0.15, 0.2) is 0 Å². The third kappa shape index (κ3) is 4.25. The summed E-state index contributed by atoms with van der Waals surface area (Å²) in [5.74, 6) is -0.0269. The number of sulfonamides is 1. The van der Waals surface area contributed by atoms with E-state index in [1.54, 1.807) is 17.0 Å². The average Bonchev–Trinajstić information content (AvgIpc) is 2.75. The van der Waals surface area contributed by atoms with E-state index in [-0.39, 0.29) is 12.3 Å². The van der Waals surface area contributed by atoms with Gasteiger partial charge >= 0.3 is 0 Å². The Morgan fingerprint density at radius 2 is 1.62 bits per heavy atom. The summed E-state index contributed by atoms with van der Waals surface area (Å²) in [6, 6.07) is 15.2. The fraction of sp³-hybridized carbons (Fsp3) is 0.318. The number of amides is 1. The summed E-state index contributed by atoms with van der Waals surface area (Å²) in [6.07, 6.45) is 3.28. The van der Waals surface area contributed by atoms with Crippen molar-refractivity contribution in [1.82, 2.24) is 9.21 Å². The average molecular weight is 431 g/mol. The van der Waals surface area contributed by atoms with Gasteiger partial charge in [-0.05, 0) is 41.7 Å². The Labute approximate surface area is 176 Å². The van der Waals surface area contributed by atoms with Gasteiger partial charge in [0.2, 0.25) is 15.9 Å². The van der Waals surface area contributed by atoms with Gasteiger partial charge in [-0.1, -0.05) is 54.1 Å². The summed E-state index contributed by atoms with van der Waals surface area (Å²) in [4.78, 5) is 14.8. The van der Waals surface area contributed by atoms with Crippen LogP contribution in [0, 0.1) is 0 Å². The van der Waals surface area contributed by atoms with E-state index in [4.69, 9.17) is 11.6 Å². The maximum Gasteiger partial charge on any atom is 0.239 e. The molecule has 0 atom stereocenters. The number of fused-ring (bicyclic) bond motifs is 1. The van der Waals surface area contributed by atoms with E-state index < -0.39 is 10.0 Å². The molecular weight excluding hydrogens is 408 g/mol. The maximum absolute atomic E-state index is 13.1. The van der Waals surface area contributed by atoms with Crippen molar-refractivity contribution in [1.29, 1.82) is 0 Å². The molecule has 1 saturated heterocycles. The highest BCUT2D eigenvalue weighted by atomic mass is 35.5. The molecule has 29 heavy (non-hydrogen) atoms. The standard InChI is InChI=1S/C22H23ClN2O3S/c23-21-8-4-3-7-19(21)16-22(26)24-11-13-25(14-12-24)29(27,28)20-10-9-17-5-1-2-6-18(17)15-20/h1-8,15H,9-14,16H2. The zero-order valence-corrected chi connectivity index (χ0v) is 17.6. The minimum absolute atomic E-state index is 0.0269. The van der Waals surface area contributed by atoms with Crippen LogP contribution < -0.4 is 0 Å². The van der Waals surface area contributed by atoms with Crippen LogP contribution in [0.25, 0.3) is 6.08 Å². The van der Waals surface area contributed by atoms with Crippen LogP contribution in [0.2, 0.25) is 5.02 Å².